The fourth-order valence-corrected chi connectivity index (χ4v) is 3.93. The summed E-state index contributed by atoms with van der Waals surface area (Å²) in [5.41, 5.74) is 3.53. The van der Waals surface area contributed by atoms with Crippen LogP contribution < -0.4 is 5.32 Å². The molecule has 2 aromatic carbocycles. The Balaban J connectivity index is 1.52. The molecule has 2 aliphatic rings. The number of benzene rings is 2. The monoisotopic (exact) mass is 406 g/mol. The average molecular weight is 407 g/mol. The van der Waals surface area contributed by atoms with Gasteiger partial charge in [-0.25, -0.2) is 9.97 Å². The van der Waals surface area contributed by atoms with E-state index in [1.807, 2.05) is 36.4 Å². The van der Waals surface area contributed by atoms with Gasteiger partial charge in [0.1, 0.15) is 12.1 Å². The number of hydrogen-bond acceptors (Lipinski definition) is 5. The molecule has 2 heterocycles. The lowest BCUT2D eigenvalue weighted by molar-refractivity contribution is -0.139. The largest absolute Gasteiger partial charge is 0.367 e. The van der Waals surface area contributed by atoms with Crippen LogP contribution in [0, 0.1) is 0 Å². The second-order valence-corrected chi connectivity index (χ2v) is 7.98. The van der Waals surface area contributed by atoms with Gasteiger partial charge in [0, 0.05) is 24.3 Å². The van der Waals surface area contributed by atoms with Gasteiger partial charge >= 0.3 is 0 Å². The van der Waals surface area contributed by atoms with Gasteiger partial charge in [0.2, 0.25) is 11.8 Å². The molecule has 6 nitrogen and oxygen atoms in total. The number of hydrogen-bond donors (Lipinski definition) is 1. The van der Waals surface area contributed by atoms with Gasteiger partial charge in [0.25, 0.3) is 0 Å². The van der Waals surface area contributed by atoms with Crippen molar-refractivity contribution in [1.29, 1.82) is 0 Å². The highest BCUT2D eigenvalue weighted by molar-refractivity contribution is 6.35. The zero-order valence-corrected chi connectivity index (χ0v) is 16.4. The molecule has 7 heteroatoms. The van der Waals surface area contributed by atoms with Crippen molar-refractivity contribution < 1.29 is 9.59 Å². The summed E-state index contributed by atoms with van der Waals surface area (Å²) in [6.45, 7) is 0.296. The number of rotatable bonds is 5. The zero-order chi connectivity index (χ0) is 20.0. The summed E-state index contributed by atoms with van der Waals surface area (Å²) in [5.74, 6) is 0.579. The van der Waals surface area contributed by atoms with E-state index in [0.29, 0.717) is 30.5 Å². The number of anilines is 1. The van der Waals surface area contributed by atoms with Crippen molar-refractivity contribution in [1.82, 2.24) is 14.9 Å². The minimum absolute atomic E-state index is 0.109. The number of amides is 2. The summed E-state index contributed by atoms with van der Waals surface area (Å²) in [6.07, 6.45) is 4.43. The topological polar surface area (TPSA) is 75.2 Å². The van der Waals surface area contributed by atoms with E-state index >= 15 is 0 Å². The van der Waals surface area contributed by atoms with E-state index in [-0.39, 0.29) is 11.8 Å². The van der Waals surface area contributed by atoms with Crippen LogP contribution >= 0.6 is 11.6 Å². The first kappa shape index (κ1) is 18.1. The highest BCUT2D eigenvalue weighted by Gasteiger charge is 2.28. The summed E-state index contributed by atoms with van der Waals surface area (Å²) in [4.78, 5) is 33.9. The van der Waals surface area contributed by atoms with E-state index in [2.05, 4.69) is 15.3 Å². The number of likely N-dealkylation sites (tertiary alicyclic amines) is 1. The lowest BCUT2D eigenvalue weighted by Gasteiger charge is -2.15. The number of carbonyl (C=O) groups excluding carboxylic acids is 2. The third kappa shape index (κ3) is 3.56. The first-order valence-corrected chi connectivity index (χ1v) is 10.1. The van der Waals surface area contributed by atoms with Crippen molar-refractivity contribution in [2.75, 3.05) is 5.32 Å². The van der Waals surface area contributed by atoms with Crippen LogP contribution in [0.1, 0.15) is 31.2 Å². The first-order chi connectivity index (χ1) is 14.1. The molecule has 1 saturated carbocycles. The predicted molar refractivity (Wildman–Crippen MR) is 111 cm³/mol. The Morgan fingerprint density at radius 1 is 1.03 bits per heavy atom. The maximum absolute atomic E-state index is 11.9. The molecule has 0 bridgehead atoms. The molecule has 146 valence electrons. The Morgan fingerprint density at radius 2 is 1.83 bits per heavy atom. The molecule has 1 aromatic heterocycles. The van der Waals surface area contributed by atoms with E-state index in [4.69, 9.17) is 11.6 Å². The first-order valence-electron chi connectivity index (χ1n) is 9.72. The number of fused-ring (bicyclic) bond motifs is 1. The molecule has 0 atom stereocenters. The smallest absolute Gasteiger partial charge is 0.229 e. The molecule has 1 aliphatic heterocycles. The maximum Gasteiger partial charge on any atom is 0.229 e. The van der Waals surface area contributed by atoms with Crippen LogP contribution in [0.25, 0.3) is 22.0 Å². The summed E-state index contributed by atoms with van der Waals surface area (Å²) < 4.78 is 0. The number of carbonyl (C=O) groups is 2. The van der Waals surface area contributed by atoms with Crippen molar-refractivity contribution in [3.05, 3.63) is 53.3 Å². The fraction of sp³-hybridized carbons (Fsp3) is 0.273. The third-order valence-corrected chi connectivity index (χ3v) is 5.65. The molecule has 1 saturated heterocycles. The highest BCUT2D eigenvalue weighted by Crippen LogP contribution is 2.34. The SMILES string of the molecule is O=C1CCC(=O)N1Cc1cccc(-c2cc(Cl)c3ncnc(NC4CC4)c3c2)c1. The van der Waals surface area contributed by atoms with Gasteiger partial charge in [-0.2, -0.15) is 0 Å². The molecular formula is C22H19ClN4O2. The van der Waals surface area contributed by atoms with Crippen LogP contribution in [0.3, 0.4) is 0 Å². The summed E-state index contributed by atoms with van der Waals surface area (Å²) in [7, 11) is 0. The van der Waals surface area contributed by atoms with Gasteiger partial charge in [-0.1, -0.05) is 29.8 Å². The van der Waals surface area contributed by atoms with Crippen LogP contribution in [-0.2, 0) is 16.1 Å². The molecule has 0 unspecified atom stereocenters. The minimum atomic E-state index is -0.109. The molecule has 29 heavy (non-hydrogen) atoms. The minimum Gasteiger partial charge on any atom is -0.367 e. The van der Waals surface area contributed by atoms with Crippen molar-refractivity contribution in [3.8, 4) is 11.1 Å². The zero-order valence-electron chi connectivity index (χ0n) is 15.7. The molecular weight excluding hydrogens is 388 g/mol. The van der Waals surface area contributed by atoms with E-state index in [9.17, 15) is 9.59 Å². The van der Waals surface area contributed by atoms with Gasteiger partial charge in [-0.3, -0.25) is 14.5 Å². The van der Waals surface area contributed by atoms with E-state index < -0.39 is 0 Å². The quantitative estimate of drug-likeness (QED) is 0.643. The molecule has 1 N–H and O–H groups in total. The van der Waals surface area contributed by atoms with Crippen molar-refractivity contribution in [2.24, 2.45) is 0 Å². The van der Waals surface area contributed by atoms with Crippen LogP contribution in [0.15, 0.2) is 42.7 Å². The van der Waals surface area contributed by atoms with Gasteiger partial charge in [-0.15, -0.1) is 0 Å². The summed E-state index contributed by atoms with van der Waals surface area (Å²) in [6, 6.07) is 12.2. The highest BCUT2D eigenvalue weighted by atomic mass is 35.5. The van der Waals surface area contributed by atoms with Gasteiger partial charge < -0.3 is 5.32 Å². The van der Waals surface area contributed by atoms with Gasteiger partial charge in [0.15, 0.2) is 0 Å². The molecule has 0 radical (unpaired) electrons. The molecule has 5 rings (SSSR count). The second kappa shape index (κ2) is 7.12. The van der Waals surface area contributed by atoms with Gasteiger partial charge in [-0.05, 0) is 47.7 Å². The fourth-order valence-electron chi connectivity index (χ4n) is 3.66. The van der Waals surface area contributed by atoms with E-state index in [1.54, 1.807) is 0 Å². The average Bonchev–Trinajstić information content (AvgIpc) is 3.49. The molecule has 0 spiro atoms. The Labute approximate surface area is 172 Å². The maximum atomic E-state index is 11.9. The second-order valence-electron chi connectivity index (χ2n) is 7.57. The van der Waals surface area contributed by atoms with Crippen LogP contribution in [0.5, 0.6) is 0 Å². The Morgan fingerprint density at radius 3 is 2.59 bits per heavy atom. The van der Waals surface area contributed by atoms with Crippen molar-refractivity contribution in [2.45, 2.75) is 38.3 Å². The number of nitrogens with zero attached hydrogens (tertiary/aromatic N) is 3. The summed E-state index contributed by atoms with van der Waals surface area (Å²) in [5, 5.41) is 4.89. The van der Waals surface area contributed by atoms with Gasteiger partial charge in [0.05, 0.1) is 17.1 Å². The third-order valence-electron chi connectivity index (χ3n) is 5.37. The molecule has 1 aliphatic carbocycles. The molecule has 2 amide bonds. The number of imide groups is 1. The lowest BCUT2D eigenvalue weighted by atomic mass is 10.0. The van der Waals surface area contributed by atoms with Crippen LogP contribution in [-0.4, -0.2) is 32.7 Å². The Kier molecular flexibility index (Phi) is 4.43. The van der Waals surface area contributed by atoms with Crippen molar-refractivity contribution >= 4 is 40.1 Å². The van der Waals surface area contributed by atoms with E-state index in [1.165, 1.54) is 11.2 Å². The molecule has 2 fully saturated rings. The number of halogens is 1. The normalized spacial score (nSPS) is 16.7. The summed E-state index contributed by atoms with van der Waals surface area (Å²) >= 11 is 6.54. The molecule has 3 aromatic rings. The van der Waals surface area contributed by atoms with Crippen LogP contribution in [0.2, 0.25) is 5.02 Å². The van der Waals surface area contributed by atoms with Crippen LogP contribution in [0.4, 0.5) is 5.82 Å². The van der Waals surface area contributed by atoms with E-state index in [0.717, 1.165) is 46.3 Å². The Hall–Kier alpha value is -2.99. The number of nitrogens with one attached hydrogen (secondary N) is 1. The lowest BCUT2D eigenvalue weighted by Crippen LogP contribution is -2.28. The van der Waals surface area contributed by atoms with Crippen molar-refractivity contribution in [3.63, 3.8) is 0 Å². The number of aromatic nitrogens is 2. The predicted octanol–water partition coefficient (Wildman–Crippen LogP) is 4.17. The standard InChI is InChI=1S/C22H19ClN4O2/c23-18-10-15(9-17-21(18)24-12-25-22(17)26-16-4-5-16)14-3-1-2-13(8-14)11-27-19(28)6-7-20(27)29/h1-3,8-10,12,16H,4-7,11H2,(H,24,25,26). The Bertz CT molecular complexity index is 1130.